The molecule has 0 amide bonds. The third-order valence-corrected chi connectivity index (χ3v) is 12.5. The van der Waals surface area contributed by atoms with E-state index in [1.165, 1.54) is 0 Å². The first-order chi connectivity index (χ1) is 33.2. The monoisotopic (exact) mass is 855 g/mol. The van der Waals surface area contributed by atoms with Gasteiger partial charge in [0.05, 0.1) is 22.8 Å². The third-order valence-electron chi connectivity index (χ3n) is 12.5. The zero-order chi connectivity index (χ0) is 44.5. The molecule has 0 aliphatic carbocycles. The van der Waals surface area contributed by atoms with E-state index >= 15 is 0 Å². The van der Waals surface area contributed by atoms with Crippen molar-refractivity contribution in [2.75, 3.05) is 0 Å². The predicted octanol–water partition coefficient (Wildman–Crippen LogP) is 16.8. The molecule has 0 aliphatic heterocycles. The number of hydrogen-bond donors (Lipinski definition) is 0. The summed E-state index contributed by atoms with van der Waals surface area (Å²) in [6, 6.07) is 86.8. The number of pyridine rings is 1. The molecule has 0 saturated heterocycles. The molecule has 0 aliphatic rings. The number of hydrogen-bond acceptors (Lipinski definition) is 4. The molecular weight excluding hydrogens is 815 g/mol. The first-order valence-corrected chi connectivity index (χ1v) is 22.6. The Bertz CT molecular complexity index is 3600. The lowest BCUT2D eigenvalue weighted by Gasteiger charge is -2.23. The Morgan fingerprint density at radius 3 is 1.30 bits per heavy atom. The van der Waals surface area contributed by atoms with Crippen LogP contribution in [-0.4, -0.2) is 15.0 Å². The van der Waals surface area contributed by atoms with E-state index in [4.69, 9.17) is 19.4 Å². The zero-order valence-corrected chi connectivity index (χ0v) is 36.4. The number of para-hydroxylation sites is 2. The van der Waals surface area contributed by atoms with Crippen molar-refractivity contribution in [3.63, 3.8) is 0 Å². The Balaban J connectivity index is 1.04. The van der Waals surface area contributed by atoms with Crippen LogP contribution >= 0.6 is 0 Å². The first-order valence-electron chi connectivity index (χ1n) is 22.6. The van der Waals surface area contributed by atoms with E-state index in [-0.39, 0.29) is 0 Å². The van der Waals surface area contributed by atoms with Gasteiger partial charge in [-0.1, -0.05) is 231 Å². The fourth-order valence-corrected chi connectivity index (χ4v) is 9.34. The number of rotatable bonds is 9. The van der Waals surface area contributed by atoms with Crippen LogP contribution in [0.15, 0.2) is 253 Å². The highest BCUT2D eigenvalue weighted by Gasteiger charge is 2.25. The van der Waals surface area contributed by atoms with Gasteiger partial charge in [-0.15, -0.1) is 0 Å². The van der Waals surface area contributed by atoms with E-state index in [0.29, 0.717) is 5.82 Å². The predicted molar refractivity (Wildman–Crippen MR) is 276 cm³/mol. The molecule has 4 heteroatoms. The van der Waals surface area contributed by atoms with Crippen molar-refractivity contribution in [2.24, 2.45) is 0 Å². The largest absolute Gasteiger partial charge is 0.455 e. The van der Waals surface area contributed by atoms with Crippen LogP contribution in [0.1, 0.15) is 0 Å². The molecule has 314 valence electrons. The molecule has 0 unspecified atom stereocenters. The van der Waals surface area contributed by atoms with E-state index in [0.717, 1.165) is 117 Å². The van der Waals surface area contributed by atoms with Gasteiger partial charge in [-0.25, -0.2) is 15.0 Å². The number of benzene rings is 9. The molecule has 0 spiro atoms. The maximum absolute atomic E-state index is 6.47. The van der Waals surface area contributed by atoms with Crippen LogP contribution in [0, 0.1) is 0 Å². The molecule has 9 aromatic carbocycles. The van der Waals surface area contributed by atoms with Gasteiger partial charge in [0.1, 0.15) is 11.2 Å². The Labute approximate surface area is 389 Å². The van der Waals surface area contributed by atoms with Crippen molar-refractivity contribution in [2.45, 2.75) is 0 Å². The lowest BCUT2D eigenvalue weighted by atomic mass is 9.83. The van der Waals surface area contributed by atoms with Gasteiger partial charge < -0.3 is 4.42 Å². The van der Waals surface area contributed by atoms with Crippen LogP contribution in [0.4, 0.5) is 0 Å². The normalized spacial score (nSPS) is 11.3. The van der Waals surface area contributed by atoms with Gasteiger partial charge in [0.2, 0.25) is 0 Å². The molecule has 12 rings (SSSR count). The highest BCUT2D eigenvalue weighted by molar-refractivity contribution is 6.10. The molecule has 0 atom stereocenters. The van der Waals surface area contributed by atoms with Crippen LogP contribution in [0.3, 0.4) is 0 Å². The molecule has 0 radical (unpaired) electrons. The van der Waals surface area contributed by atoms with E-state index in [1.54, 1.807) is 0 Å². The van der Waals surface area contributed by atoms with Gasteiger partial charge in [0.25, 0.3) is 0 Å². The van der Waals surface area contributed by atoms with Gasteiger partial charge in [0, 0.05) is 60.8 Å². The van der Waals surface area contributed by atoms with E-state index in [9.17, 15) is 0 Å². The molecule has 3 aromatic heterocycles. The Morgan fingerprint density at radius 2 is 0.701 bits per heavy atom. The molecule has 0 fully saturated rings. The minimum atomic E-state index is 0.643. The van der Waals surface area contributed by atoms with Crippen molar-refractivity contribution < 1.29 is 4.42 Å². The highest BCUT2D eigenvalue weighted by atomic mass is 16.3. The minimum Gasteiger partial charge on any atom is -0.455 e. The summed E-state index contributed by atoms with van der Waals surface area (Å²) in [4.78, 5) is 16.2. The summed E-state index contributed by atoms with van der Waals surface area (Å²) >= 11 is 0. The number of nitrogens with zero attached hydrogens (tertiary/aromatic N) is 3. The first kappa shape index (κ1) is 39.6. The third kappa shape index (κ3) is 7.47. The van der Waals surface area contributed by atoms with Crippen LogP contribution in [-0.2, 0) is 0 Å². The van der Waals surface area contributed by atoms with Crippen LogP contribution < -0.4 is 0 Å². The minimum absolute atomic E-state index is 0.643. The molecule has 67 heavy (non-hydrogen) atoms. The Hall–Kier alpha value is -8.99. The van der Waals surface area contributed by atoms with Gasteiger partial charge in [-0.2, -0.15) is 0 Å². The van der Waals surface area contributed by atoms with E-state index in [2.05, 4.69) is 231 Å². The van der Waals surface area contributed by atoms with Gasteiger partial charge in [0.15, 0.2) is 5.82 Å². The lowest BCUT2D eigenvalue weighted by molar-refractivity contribution is 0.670. The Kier molecular flexibility index (Phi) is 10.2. The van der Waals surface area contributed by atoms with Gasteiger partial charge >= 0.3 is 0 Å². The summed E-state index contributed by atoms with van der Waals surface area (Å²) < 4.78 is 6.47. The Morgan fingerprint density at radius 1 is 0.269 bits per heavy atom. The topological polar surface area (TPSA) is 51.8 Å². The molecule has 3 heterocycles. The number of furan rings is 1. The molecule has 0 bridgehead atoms. The summed E-state index contributed by atoms with van der Waals surface area (Å²) in [7, 11) is 0. The summed E-state index contributed by atoms with van der Waals surface area (Å²) in [5.74, 6) is 0.643. The second-order valence-corrected chi connectivity index (χ2v) is 16.7. The summed E-state index contributed by atoms with van der Waals surface area (Å²) in [6.07, 6.45) is 0. The average Bonchev–Trinajstić information content (AvgIpc) is 3.81. The smallest absolute Gasteiger partial charge is 0.160 e. The zero-order valence-electron chi connectivity index (χ0n) is 36.4. The van der Waals surface area contributed by atoms with Crippen molar-refractivity contribution >= 4 is 21.9 Å². The molecule has 12 aromatic rings. The summed E-state index contributed by atoms with van der Waals surface area (Å²) in [6.45, 7) is 0. The van der Waals surface area contributed by atoms with Crippen LogP contribution in [0.25, 0.3) is 123 Å². The highest BCUT2D eigenvalue weighted by Crippen LogP contribution is 2.49. The number of aromatic nitrogens is 3. The second-order valence-electron chi connectivity index (χ2n) is 16.7. The van der Waals surface area contributed by atoms with Gasteiger partial charge in [-0.3, -0.25) is 0 Å². The maximum atomic E-state index is 6.47. The van der Waals surface area contributed by atoms with Crippen molar-refractivity contribution in [3.8, 4) is 101 Å². The van der Waals surface area contributed by atoms with Crippen LogP contribution in [0.5, 0.6) is 0 Å². The fraction of sp³-hybridized carbons (Fsp3) is 0. The molecular formula is C63H41N3O. The number of fused-ring (bicyclic) bond motifs is 3. The second kappa shape index (κ2) is 17.2. The molecule has 4 nitrogen and oxygen atoms in total. The SMILES string of the molecule is c1ccc(-c2cc(-c3cccc(-c4cccc5c4oc4ccccc45)c3)nc(-c3ccc(-c4c(-c5ccccc5)c(-c5ccccc5)nc(-c5ccccc5)c4-c4ccccc4)cc3)n2)cc1. The molecule has 0 N–H and O–H groups in total. The summed E-state index contributed by atoms with van der Waals surface area (Å²) in [5.41, 5.74) is 18.9. The van der Waals surface area contributed by atoms with Crippen molar-refractivity contribution in [1.29, 1.82) is 0 Å². The van der Waals surface area contributed by atoms with E-state index < -0.39 is 0 Å². The summed E-state index contributed by atoms with van der Waals surface area (Å²) in [5, 5.41) is 2.21. The lowest BCUT2D eigenvalue weighted by Crippen LogP contribution is -2.01. The van der Waals surface area contributed by atoms with Crippen LogP contribution in [0.2, 0.25) is 0 Å². The fourth-order valence-electron chi connectivity index (χ4n) is 9.34. The van der Waals surface area contributed by atoms with Gasteiger partial charge in [-0.05, 0) is 40.5 Å². The van der Waals surface area contributed by atoms with Crippen molar-refractivity contribution in [1.82, 2.24) is 15.0 Å². The molecule has 0 saturated carbocycles. The van der Waals surface area contributed by atoms with Crippen molar-refractivity contribution in [3.05, 3.63) is 249 Å². The quantitative estimate of drug-likeness (QED) is 0.145. The van der Waals surface area contributed by atoms with E-state index in [1.807, 2.05) is 18.2 Å². The average molecular weight is 856 g/mol. The maximum Gasteiger partial charge on any atom is 0.160 e. The standard InChI is InChI=1S/C63H41N3O/c1-6-20-42(21-7-1)54-41-55(50-31-18-30-49(40-50)51-33-19-34-53-52-32-16-17-35-56(52)67-62(51)53)65-63(64-54)48-38-36-45(37-39-48)57-58(43-22-8-2-9-23-43)60(46-26-12-4-13-27-46)66-61(47-28-14-5-15-29-47)59(57)44-24-10-3-11-25-44/h1-41H.